The fraction of sp³-hybridized carbons (Fsp3) is 0.257. The van der Waals surface area contributed by atoms with Gasteiger partial charge in [-0.2, -0.15) is 0 Å². The molecule has 0 radical (unpaired) electrons. The predicted octanol–water partition coefficient (Wildman–Crippen LogP) is 6.32. The van der Waals surface area contributed by atoms with Crippen molar-refractivity contribution in [3.8, 4) is 11.5 Å². The van der Waals surface area contributed by atoms with Crippen LogP contribution in [0.4, 0.5) is 5.69 Å². The van der Waals surface area contributed by atoms with Crippen molar-refractivity contribution in [1.29, 1.82) is 0 Å². The monoisotopic (exact) mass is 613 g/mol. The number of benzene rings is 4. The number of nitrogens with one attached hydrogen (secondary N) is 1. The Labute approximate surface area is 260 Å². The Hall–Kier alpha value is -4.63. The van der Waals surface area contributed by atoms with Crippen LogP contribution in [-0.2, 0) is 26.2 Å². The van der Waals surface area contributed by atoms with Crippen molar-refractivity contribution in [3.05, 3.63) is 120 Å². The highest BCUT2D eigenvalue weighted by molar-refractivity contribution is 7.92. The lowest BCUT2D eigenvalue weighted by atomic mass is 10.1. The number of anilines is 1. The van der Waals surface area contributed by atoms with Crippen LogP contribution in [-0.4, -0.2) is 44.3 Å². The summed E-state index contributed by atoms with van der Waals surface area (Å²) in [5, 5.41) is 2.90. The molecule has 0 saturated heterocycles. The molecule has 0 heterocycles. The van der Waals surface area contributed by atoms with Gasteiger partial charge in [0.1, 0.15) is 24.1 Å². The van der Waals surface area contributed by atoms with E-state index >= 15 is 0 Å². The molecule has 0 fully saturated rings. The molecule has 1 unspecified atom stereocenters. The van der Waals surface area contributed by atoms with Crippen molar-refractivity contribution in [2.45, 2.75) is 51.1 Å². The van der Waals surface area contributed by atoms with Gasteiger partial charge in [0, 0.05) is 13.1 Å². The number of hydrogen-bond donors (Lipinski definition) is 1. The minimum Gasteiger partial charge on any atom is -0.457 e. The summed E-state index contributed by atoms with van der Waals surface area (Å²) in [5.41, 5.74) is 2.03. The van der Waals surface area contributed by atoms with Crippen molar-refractivity contribution in [3.63, 3.8) is 0 Å². The van der Waals surface area contributed by atoms with Crippen LogP contribution in [0.1, 0.15) is 37.8 Å². The highest BCUT2D eigenvalue weighted by Crippen LogP contribution is 2.29. The summed E-state index contributed by atoms with van der Waals surface area (Å²) in [4.78, 5) is 28.9. The molecule has 0 aliphatic heterocycles. The molecule has 0 aromatic heterocycles. The highest BCUT2D eigenvalue weighted by Gasteiger charge is 2.33. The van der Waals surface area contributed by atoms with Gasteiger partial charge in [0.05, 0.1) is 10.6 Å². The van der Waals surface area contributed by atoms with Gasteiger partial charge < -0.3 is 15.0 Å². The van der Waals surface area contributed by atoms with Gasteiger partial charge in [-0.3, -0.25) is 13.9 Å². The van der Waals surface area contributed by atoms with Gasteiger partial charge in [0.25, 0.3) is 10.0 Å². The number of aryl methyl sites for hydroxylation is 1. The highest BCUT2D eigenvalue weighted by atomic mass is 32.2. The third-order valence-corrected chi connectivity index (χ3v) is 8.91. The number of sulfonamides is 1. The Kier molecular flexibility index (Phi) is 11.2. The molecule has 8 nitrogen and oxygen atoms in total. The van der Waals surface area contributed by atoms with Crippen LogP contribution in [0.5, 0.6) is 11.5 Å². The Morgan fingerprint density at radius 3 is 1.98 bits per heavy atom. The third-order valence-electron chi connectivity index (χ3n) is 7.12. The molecule has 4 aromatic carbocycles. The molecule has 44 heavy (non-hydrogen) atoms. The molecule has 0 bridgehead atoms. The minimum atomic E-state index is -4.17. The van der Waals surface area contributed by atoms with E-state index in [0.717, 1.165) is 21.9 Å². The van der Waals surface area contributed by atoms with E-state index in [4.69, 9.17) is 4.74 Å². The largest absolute Gasteiger partial charge is 0.457 e. The summed E-state index contributed by atoms with van der Waals surface area (Å²) in [7, 11) is -4.17. The Morgan fingerprint density at radius 2 is 1.39 bits per heavy atom. The zero-order valence-electron chi connectivity index (χ0n) is 25.3. The van der Waals surface area contributed by atoms with Crippen LogP contribution in [0.3, 0.4) is 0 Å². The first-order chi connectivity index (χ1) is 21.2. The Morgan fingerprint density at radius 1 is 0.795 bits per heavy atom. The van der Waals surface area contributed by atoms with Crippen LogP contribution in [0.25, 0.3) is 0 Å². The first-order valence-corrected chi connectivity index (χ1v) is 16.2. The van der Waals surface area contributed by atoms with Crippen molar-refractivity contribution in [2.75, 3.05) is 17.4 Å². The fourth-order valence-electron chi connectivity index (χ4n) is 4.74. The average molecular weight is 614 g/mol. The summed E-state index contributed by atoms with van der Waals surface area (Å²) in [6.45, 7) is 5.80. The van der Waals surface area contributed by atoms with Crippen molar-refractivity contribution >= 4 is 27.5 Å². The van der Waals surface area contributed by atoms with E-state index in [9.17, 15) is 18.0 Å². The van der Waals surface area contributed by atoms with Crippen molar-refractivity contribution in [1.82, 2.24) is 10.2 Å². The maximum atomic E-state index is 14.2. The minimum absolute atomic E-state index is 0.0582. The summed E-state index contributed by atoms with van der Waals surface area (Å²) >= 11 is 0. The van der Waals surface area contributed by atoms with Gasteiger partial charge in [-0.05, 0) is 73.9 Å². The van der Waals surface area contributed by atoms with E-state index in [1.165, 1.54) is 17.0 Å². The third kappa shape index (κ3) is 8.26. The van der Waals surface area contributed by atoms with E-state index in [-0.39, 0.29) is 17.3 Å². The lowest BCUT2D eigenvalue weighted by Crippen LogP contribution is -2.52. The SMILES string of the molecule is CCCNC(=O)C(CC)N(Cc1ccccc1)C(=O)CN(c1ccc(Oc2ccccc2)cc1)S(=O)(=O)c1ccc(C)cc1. The number of rotatable bonds is 14. The van der Waals surface area contributed by atoms with Gasteiger partial charge >= 0.3 is 0 Å². The molecule has 0 spiro atoms. The van der Waals surface area contributed by atoms with Crippen molar-refractivity contribution < 1.29 is 22.7 Å². The topological polar surface area (TPSA) is 96.0 Å². The van der Waals surface area contributed by atoms with Gasteiger partial charge in [0.15, 0.2) is 0 Å². The van der Waals surface area contributed by atoms with Crippen molar-refractivity contribution in [2.24, 2.45) is 0 Å². The lowest BCUT2D eigenvalue weighted by molar-refractivity contribution is -0.140. The maximum absolute atomic E-state index is 14.2. The molecule has 1 N–H and O–H groups in total. The normalized spacial score (nSPS) is 11.8. The second kappa shape index (κ2) is 15.2. The van der Waals surface area contributed by atoms with Crippen LogP contribution >= 0.6 is 0 Å². The molecule has 0 aliphatic carbocycles. The first kappa shape index (κ1) is 32.3. The molecule has 9 heteroatoms. The number of amides is 2. The average Bonchev–Trinajstić information content (AvgIpc) is 3.04. The second-order valence-corrected chi connectivity index (χ2v) is 12.3. The summed E-state index contributed by atoms with van der Waals surface area (Å²) in [6, 6.07) is 30.9. The second-order valence-electron chi connectivity index (χ2n) is 10.5. The molecule has 0 aliphatic rings. The molecule has 4 rings (SSSR count). The smallest absolute Gasteiger partial charge is 0.264 e. The Bertz CT molecular complexity index is 1610. The van der Waals surface area contributed by atoms with Gasteiger partial charge in [-0.1, -0.05) is 80.1 Å². The molecular weight excluding hydrogens is 574 g/mol. The van der Waals surface area contributed by atoms with Gasteiger partial charge in [0.2, 0.25) is 11.8 Å². The molecule has 4 aromatic rings. The number of hydrogen-bond acceptors (Lipinski definition) is 5. The predicted molar refractivity (Wildman–Crippen MR) is 173 cm³/mol. The quantitative estimate of drug-likeness (QED) is 0.180. The number of carbonyl (C=O) groups is 2. The number of ether oxygens (including phenoxy) is 1. The van der Waals surface area contributed by atoms with E-state index in [1.807, 2.05) is 81.4 Å². The molecule has 230 valence electrons. The van der Waals surface area contributed by atoms with E-state index in [0.29, 0.717) is 30.2 Å². The van der Waals surface area contributed by atoms with Crippen LogP contribution in [0.15, 0.2) is 114 Å². The standard InChI is InChI=1S/C35H39N3O5S/c1-4-24-36-35(40)33(5-2)37(25-28-12-8-6-9-13-28)34(39)26-38(44(41,42)32-22-16-27(3)17-23-32)29-18-20-31(21-19-29)43-30-14-10-7-11-15-30/h6-23,33H,4-5,24-26H2,1-3H3,(H,36,40). The fourth-order valence-corrected chi connectivity index (χ4v) is 6.15. The summed E-state index contributed by atoms with van der Waals surface area (Å²) in [5.74, 6) is 0.396. The lowest BCUT2D eigenvalue weighted by Gasteiger charge is -2.33. The van der Waals surface area contributed by atoms with E-state index < -0.39 is 28.5 Å². The van der Waals surface area contributed by atoms with Crippen LogP contribution in [0.2, 0.25) is 0 Å². The molecular formula is C35H39N3O5S. The Balaban J connectivity index is 1.71. The van der Waals surface area contributed by atoms with Crippen LogP contribution < -0.4 is 14.4 Å². The zero-order chi connectivity index (χ0) is 31.5. The first-order valence-electron chi connectivity index (χ1n) is 14.8. The van der Waals surface area contributed by atoms with Crippen LogP contribution in [0, 0.1) is 6.92 Å². The zero-order valence-corrected chi connectivity index (χ0v) is 26.2. The summed E-state index contributed by atoms with van der Waals surface area (Å²) in [6.07, 6.45) is 1.12. The van der Waals surface area contributed by atoms with Gasteiger partial charge in [-0.25, -0.2) is 8.42 Å². The van der Waals surface area contributed by atoms with Gasteiger partial charge in [-0.15, -0.1) is 0 Å². The molecule has 2 amide bonds. The molecule has 0 saturated carbocycles. The summed E-state index contributed by atoms with van der Waals surface area (Å²) < 4.78 is 35.2. The van der Waals surface area contributed by atoms with E-state index in [1.54, 1.807) is 36.4 Å². The van der Waals surface area contributed by atoms with E-state index in [2.05, 4.69) is 5.32 Å². The number of para-hydroxylation sites is 1. The number of nitrogens with zero attached hydrogens (tertiary/aromatic N) is 2. The number of carbonyl (C=O) groups excluding carboxylic acids is 2. The maximum Gasteiger partial charge on any atom is 0.264 e. The molecule has 1 atom stereocenters.